The van der Waals surface area contributed by atoms with Gasteiger partial charge in [-0.05, 0) is 52.4 Å². The summed E-state index contributed by atoms with van der Waals surface area (Å²) in [5.41, 5.74) is 0.535. The Morgan fingerprint density at radius 3 is 2.54 bits per heavy atom. The number of carbonyl (C=O) groups excluding carboxylic acids is 1. The Kier molecular flexibility index (Phi) is 3.71. The Balaban J connectivity index is 1.47. The van der Waals surface area contributed by atoms with Crippen LogP contribution in [0.2, 0.25) is 0 Å². The Morgan fingerprint density at radius 2 is 2.00 bits per heavy atom. The lowest BCUT2D eigenvalue weighted by molar-refractivity contribution is -0.158. The van der Waals surface area contributed by atoms with Gasteiger partial charge in [-0.3, -0.25) is 9.69 Å². The summed E-state index contributed by atoms with van der Waals surface area (Å²) >= 11 is 0. The normalized spacial score (nSPS) is 29.4. The van der Waals surface area contributed by atoms with Gasteiger partial charge in [-0.2, -0.15) is 0 Å². The molecule has 132 valence electrons. The van der Waals surface area contributed by atoms with Crippen LogP contribution >= 0.6 is 0 Å². The summed E-state index contributed by atoms with van der Waals surface area (Å²) in [5, 5.41) is 4.04. The Labute approximate surface area is 142 Å². The highest BCUT2D eigenvalue weighted by molar-refractivity contribution is 5.86. The molecule has 2 saturated heterocycles. The quantitative estimate of drug-likeness (QED) is 0.852. The number of aromatic nitrogens is 1. The minimum atomic E-state index is -1.57. The fourth-order valence-electron chi connectivity index (χ4n) is 4.48. The number of amides is 1. The number of carbonyl (C=O) groups is 1. The van der Waals surface area contributed by atoms with E-state index >= 15 is 0 Å². The summed E-state index contributed by atoms with van der Waals surface area (Å²) in [7, 11) is 0. The van der Waals surface area contributed by atoms with Gasteiger partial charge in [-0.15, -0.1) is 0 Å². The molecule has 0 radical (unpaired) electrons. The van der Waals surface area contributed by atoms with Gasteiger partial charge < -0.3 is 9.42 Å². The van der Waals surface area contributed by atoms with Crippen molar-refractivity contribution in [3.05, 3.63) is 17.0 Å². The average molecular weight is 335 g/mol. The van der Waals surface area contributed by atoms with E-state index in [1.54, 1.807) is 4.90 Å². The number of likely N-dealkylation sites (tertiary alicyclic amines) is 2. The molecule has 1 aromatic heterocycles. The van der Waals surface area contributed by atoms with E-state index in [2.05, 4.69) is 10.1 Å². The number of rotatable bonds is 3. The Bertz CT molecular complexity index is 635. The van der Waals surface area contributed by atoms with Crippen LogP contribution in [-0.4, -0.2) is 51.7 Å². The lowest BCUT2D eigenvalue weighted by atomic mass is 9.75. The number of aryl methyl sites for hydroxylation is 2. The zero-order chi connectivity index (χ0) is 16.9. The molecule has 4 rings (SSSR count). The van der Waals surface area contributed by atoms with E-state index in [-0.39, 0.29) is 11.4 Å². The summed E-state index contributed by atoms with van der Waals surface area (Å²) in [6.45, 7) is 7.11. The molecule has 0 N–H and O–H groups in total. The molecule has 1 saturated carbocycles. The van der Waals surface area contributed by atoms with Crippen molar-refractivity contribution in [2.24, 2.45) is 0 Å². The molecule has 1 amide bonds. The number of alkyl halides is 1. The van der Waals surface area contributed by atoms with Gasteiger partial charge in [-0.25, -0.2) is 4.39 Å². The van der Waals surface area contributed by atoms with Gasteiger partial charge in [0.05, 0.1) is 5.69 Å². The summed E-state index contributed by atoms with van der Waals surface area (Å²) in [4.78, 5) is 16.8. The van der Waals surface area contributed by atoms with Crippen molar-refractivity contribution >= 4 is 5.91 Å². The van der Waals surface area contributed by atoms with Crippen molar-refractivity contribution in [1.29, 1.82) is 0 Å². The smallest absolute Gasteiger partial charge is 0.260 e. The molecule has 24 heavy (non-hydrogen) atoms. The van der Waals surface area contributed by atoms with E-state index in [0.717, 1.165) is 55.8 Å². The number of hydrogen-bond donors (Lipinski definition) is 0. The minimum absolute atomic E-state index is 0.0180. The van der Waals surface area contributed by atoms with Gasteiger partial charge in [0.25, 0.3) is 5.91 Å². The molecule has 1 aliphatic carbocycles. The molecular formula is C18H26FN3O2. The van der Waals surface area contributed by atoms with Crippen LogP contribution in [0.5, 0.6) is 0 Å². The molecule has 3 heterocycles. The second kappa shape index (κ2) is 5.55. The Hall–Kier alpha value is -1.43. The highest BCUT2D eigenvalue weighted by Crippen LogP contribution is 2.43. The van der Waals surface area contributed by atoms with Crippen molar-refractivity contribution < 1.29 is 13.7 Å². The predicted octanol–water partition coefficient (Wildman–Crippen LogP) is 2.75. The van der Waals surface area contributed by atoms with Crippen LogP contribution in [0.1, 0.15) is 55.5 Å². The fourth-order valence-corrected chi connectivity index (χ4v) is 4.48. The van der Waals surface area contributed by atoms with Crippen molar-refractivity contribution in [3.63, 3.8) is 0 Å². The summed E-state index contributed by atoms with van der Waals surface area (Å²) in [5.74, 6) is 0.604. The highest BCUT2D eigenvalue weighted by atomic mass is 19.1. The van der Waals surface area contributed by atoms with Gasteiger partial charge in [0.15, 0.2) is 5.67 Å². The first-order valence-corrected chi connectivity index (χ1v) is 9.09. The van der Waals surface area contributed by atoms with Crippen LogP contribution in [0.15, 0.2) is 4.52 Å². The van der Waals surface area contributed by atoms with Gasteiger partial charge in [0.2, 0.25) is 0 Å². The molecule has 3 aliphatic rings. The highest BCUT2D eigenvalue weighted by Gasteiger charge is 2.52. The maximum absolute atomic E-state index is 14.5. The van der Waals surface area contributed by atoms with Crippen LogP contribution in [0.4, 0.5) is 4.39 Å². The summed E-state index contributed by atoms with van der Waals surface area (Å²) in [6, 6.07) is 0. The maximum atomic E-state index is 14.5. The van der Waals surface area contributed by atoms with Crippen LogP contribution < -0.4 is 0 Å². The molecule has 3 fully saturated rings. The summed E-state index contributed by atoms with van der Waals surface area (Å²) < 4.78 is 19.8. The lowest BCUT2D eigenvalue weighted by Crippen LogP contribution is -2.68. The zero-order valence-corrected chi connectivity index (χ0v) is 14.6. The molecule has 2 aliphatic heterocycles. The fraction of sp³-hybridized carbons (Fsp3) is 0.778. The van der Waals surface area contributed by atoms with Gasteiger partial charge >= 0.3 is 0 Å². The lowest BCUT2D eigenvalue weighted by Gasteiger charge is -2.57. The maximum Gasteiger partial charge on any atom is 0.260 e. The third-order valence-corrected chi connectivity index (χ3v) is 6.42. The third-order valence-electron chi connectivity index (χ3n) is 6.42. The van der Waals surface area contributed by atoms with Gasteiger partial charge in [0.1, 0.15) is 5.76 Å². The standard InChI is InChI=1S/C18H26FN3O2/c1-13-15(14(2)24-20-13)11-22-10-8-17(22)5-4-9-21(12-17)16(23)18(19)6-3-7-18/h3-12H2,1-2H3. The molecular weight excluding hydrogens is 309 g/mol. The molecule has 1 unspecified atom stereocenters. The average Bonchev–Trinajstić information content (AvgIpc) is 2.87. The molecule has 0 bridgehead atoms. The van der Waals surface area contributed by atoms with E-state index in [9.17, 15) is 9.18 Å². The van der Waals surface area contributed by atoms with E-state index < -0.39 is 5.67 Å². The number of nitrogens with zero attached hydrogens (tertiary/aromatic N) is 3. The Morgan fingerprint density at radius 1 is 1.21 bits per heavy atom. The summed E-state index contributed by atoms with van der Waals surface area (Å²) in [6.07, 6.45) is 4.76. The first-order chi connectivity index (χ1) is 11.4. The predicted molar refractivity (Wildman–Crippen MR) is 87.2 cm³/mol. The van der Waals surface area contributed by atoms with Gasteiger partial charge in [0, 0.05) is 37.3 Å². The van der Waals surface area contributed by atoms with Gasteiger partial charge in [-0.1, -0.05) is 5.16 Å². The van der Waals surface area contributed by atoms with E-state index in [1.807, 2.05) is 13.8 Å². The van der Waals surface area contributed by atoms with Crippen molar-refractivity contribution in [2.45, 2.75) is 70.1 Å². The first-order valence-electron chi connectivity index (χ1n) is 9.09. The monoisotopic (exact) mass is 335 g/mol. The van der Waals surface area contributed by atoms with Crippen LogP contribution in [-0.2, 0) is 11.3 Å². The van der Waals surface area contributed by atoms with E-state index in [4.69, 9.17) is 4.52 Å². The van der Waals surface area contributed by atoms with Crippen molar-refractivity contribution in [2.75, 3.05) is 19.6 Å². The molecule has 1 atom stereocenters. The van der Waals surface area contributed by atoms with Crippen molar-refractivity contribution in [1.82, 2.24) is 15.0 Å². The number of piperidine rings is 1. The molecule has 5 nitrogen and oxygen atoms in total. The first kappa shape index (κ1) is 16.1. The largest absolute Gasteiger partial charge is 0.361 e. The van der Waals surface area contributed by atoms with Crippen molar-refractivity contribution in [3.8, 4) is 0 Å². The second-order valence-corrected chi connectivity index (χ2v) is 7.85. The molecule has 0 aromatic carbocycles. The van der Waals surface area contributed by atoms with Crippen LogP contribution in [0, 0.1) is 13.8 Å². The minimum Gasteiger partial charge on any atom is -0.361 e. The van der Waals surface area contributed by atoms with Crippen LogP contribution in [0.25, 0.3) is 0 Å². The van der Waals surface area contributed by atoms with E-state index in [1.165, 1.54) is 0 Å². The second-order valence-electron chi connectivity index (χ2n) is 7.85. The number of hydrogen-bond acceptors (Lipinski definition) is 4. The molecule has 1 spiro atoms. The molecule has 1 aromatic rings. The zero-order valence-electron chi connectivity index (χ0n) is 14.6. The number of halogens is 1. The topological polar surface area (TPSA) is 49.6 Å². The van der Waals surface area contributed by atoms with E-state index in [0.29, 0.717) is 25.9 Å². The SMILES string of the molecule is Cc1noc(C)c1CN1CCC12CCCN(C(=O)C1(F)CCC1)C2. The van der Waals surface area contributed by atoms with Crippen LogP contribution in [0.3, 0.4) is 0 Å². The molecule has 6 heteroatoms. The third kappa shape index (κ3) is 2.38.